The Balaban J connectivity index is 2.06. The van der Waals surface area contributed by atoms with Crippen LogP contribution in [-0.2, 0) is 0 Å². The lowest BCUT2D eigenvalue weighted by atomic mass is 10.1. The van der Waals surface area contributed by atoms with Gasteiger partial charge in [-0.25, -0.2) is 0 Å². The van der Waals surface area contributed by atoms with Crippen molar-refractivity contribution in [3.8, 4) is 0 Å². The van der Waals surface area contributed by atoms with Gasteiger partial charge in [0, 0.05) is 37.4 Å². The highest BCUT2D eigenvalue weighted by atomic mass is 19.4. The van der Waals surface area contributed by atoms with Gasteiger partial charge in [0.25, 0.3) is 0 Å². The van der Waals surface area contributed by atoms with E-state index in [1.807, 2.05) is 17.0 Å². The molecule has 0 bridgehead atoms. The van der Waals surface area contributed by atoms with E-state index in [2.05, 4.69) is 5.16 Å². The van der Waals surface area contributed by atoms with E-state index in [0.717, 1.165) is 5.69 Å². The monoisotopic (exact) mass is 302 g/mol. The first kappa shape index (κ1) is 15.4. The van der Waals surface area contributed by atoms with E-state index in [9.17, 15) is 13.2 Å². The molecule has 1 aromatic rings. The molecule has 0 spiro atoms. The number of hydrogen-bond acceptors (Lipinski definition) is 4. The number of nitrogens with two attached hydrogens (primary N) is 1. The predicted octanol–water partition coefficient (Wildman–Crippen LogP) is 1.47. The molecule has 1 saturated heterocycles. The molecular formula is C13H17F3N4O. The fourth-order valence-corrected chi connectivity index (χ4v) is 2.42. The average molecular weight is 302 g/mol. The third-order valence-electron chi connectivity index (χ3n) is 3.40. The molecule has 8 heteroatoms. The minimum Gasteiger partial charge on any atom is -0.409 e. The highest BCUT2D eigenvalue weighted by molar-refractivity contribution is 6.02. The summed E-state index contributed by atoms with van der Waals surface area (Å²) in [4.78, 5) is 3.32. The molecule has 5 nitrogen and oxygen atoms in total. The lowest BCUT2D eigenvalue weighted by molar-refractivity contribution is -0.146. The van der Waals surface area contributed by atoms with Gasteiger partial charge in [-0.2, -0.15) is 13.2 Å². The Morgan fingerprint density at radius 2 is 1.81 bits per heavy atom. The van der Waals surface area contributed by atoms with Crippen LogP contribution in [0.3, 0.4) is 0 Å². The van der Waals surface area contributed by atoms with E-state index in [-0.39, 0.29) is 5.84 Å². The smallest absolute Gasteiger partial charge is 0.401 e. The molecule has 1 aromatic carbocycles. The molecule has 2 rings (SSSR count). The van der Waals surface area contributed by atoms with Gasteiger partial charge in [-0.1, -0.05) is 17.3 Å². The van der Waals surface area contributed by atoms with Crippen LogP contribution in [0.25, 0.3) is 0 Å². The van der Waals surface area contributed by atoms with Gasteiger partial charge in [0.1, 0.15) is 0 Å². The van der Waals surface area contributed by atoms with Crippen LogP contribution in [0.15, 0.2) is 29.4 Å². The van der Waals surface area contributed by atoms with Crippen LogP contribution in [0.2, 0.25) is 0 Å². The second kappa shape index (κ2) is 6.21. The summed E-state index contributed by atoms with van der Waals surface area (Å²) in [5, 5.41) is 11.8. The second-order valence-corrected chi connectivity index (χ2v) is 4.88. The molecule has 0 atom stereocenters. The highest BCUT2D eigenvalue weighted by Gasteiger charge is 2.32. The number of hydrogen-bond donors (Lipinski definition) is 2. The number of para-hydroxylation sites is 1. The number of benzene rings is 1. The third-order valence-corrected chi connectivity index (χ3v) is 3.40. The fourth-order valence-electron chi connectivity index (χ4n) is 2.42. The zero-order valence-corrected chi connectivity index (χ0v) is 11.3. The van der Waals surface area contributed by atoms with Crippen LogP contribution in [0.4, 0.5) is 18.9 Å². The van der Waals surface area contributed by atoms with Crippen LogP contribution in [0, 0.1) is 0 Å². The summed E-state index contributed by atoms with van der Waals surface area (Å²) >= 11 is 0. The van der Waals surface area contributed by atoms with Gasteiger partial charge in [-0.15, -0.1) is 0 Å². The zero-order valence-electron chi connectivity index (χ0n) is 11.3. The van der Waals surface area contributed by atoms with Crippen molar-refractivity contribution in [2.75, 3.05) is 37.6 Å². The lowest BCUT2D eigenvalue weighted by Gasteiger charge is -2.37. The second-order valence-electron chi connectivity index (χ2n) is 4.88. The van der Waals surface area contributed by atoms with E-state index in [1.54, 1.807) is 12.1 Å². The first-order valence-corrected chi connectivity index (χ1v) is 6.51. The van der Waals surface area contributed by atoms with Crippen molar-refractivity contribution in [2.45, 2.75) is 6.18 Å². The van der Waals surface area contributed by atoms with Gasteiger partial charge < -0.3 is 15.8 Å². The Bertz CT molecular complexity index is 510. The van der Waals surface area contributed by atoms with E-state index in [1.165, 1.54) is 4.90 Å². The number of halogens is 3. The van der Waals surface area contributed by atoms with Gasteiger partial charge in [-0.05, 0) is 12.1 Å². The molecule has 0 amide bonds. The van der Waals surface area contributed by atoms with Crippen molar-refractivity contribution >= 4 is 11.5 Å². The summed E-state index contributed by atoms with van der Waals surface area (Å²) in [7, 11) is 0. The van der Waals surface area contributed by atoms with Crippen LogP contribution in [0.1, 0.15) is 5.56 Å². The molecular weight excluding hydrogens is 285 g/mol. The fraction of sp³-hybridized carbons (Fsp3) is 0.462. The summed E-state index contributed by atoms with van der Waals surface area (Å²) in [6.45, 7) is 0.689. The van der Waals surface area contributed by atoms with Crippen molar-refractivity contribution < 1.29 is 18.4 Å². The van der Waals surface area contributed by atoms with E-state index < -0.39 is 12.7 Å². The molecule has 0 saturated carbocycles. The summed E-state index contributed by atoms with van der Waals surface area (Å²) < 4.78 is 37.1. The summed E-state index contributed by atoms with van der Waals surface area (Å²) in [6.07, 6.45) is -4.17. The first-order valence-electron chi connectivity index (χ1n) is 6.51. The number of nitrogens with zero attached hydrogens (tertiary/aromatic N) is 3. The van der Waals surface area contributed by atoms with Gasteiger partial charge in [0.05, 0.1) is 6.54 Å². The van der Waals surface area contributed by atoms with Gasteiger partial charge >= 0.3 is 6.18 Å². The number of oxime groups is 1. The van der Waals surface area contributed by atoms with Crippen molar-refractivity contribution in [3.05, 3.63) is 29.8 Å². The van der Waals surface area contributed by atoms with Crippen LogP contribution in [0.5, 0.6) is 0 Å². The highest BCUT2D eigenvalue weighted by Crippen LogP contribution is 2.23. The van der Waals surface area contributed by atoms with Crippen LogP contribution < -0.4 is 10.6 Å². The molecule has 116 valence electrons. The van der Waals surface area contributed by atoms with Crippen molar-refractivity contribution in [2.24, 2.45) is 10.9 Å². The Morgan fingerprint density at radius 1 is 1.19 bits per heavy atom. The minimum absolute atomic E-state index is 0.0108. The predicted molar refractivity (Wildman–Crippen MR) is 73.7 cm³/mol. The molecule has 0 aliphatic carbocycles. The average Bonchev–Trinajstić information content (AvgIpc) is 2.45. The van der Waals surface area contributed by atoms with Crippen LogP contribution in [-0.4, -0.2) is 54.8 Å². The lowest BCUT2D eigenvalue weighted by Crippen LogP contribution is -2.49. The molecule has 21 heavy (non-hydrogen) atoms. The quantitative estimate of drug-likeness (QED) is 0.384. The molecule has 0 aromatic heterocycles. The number of alkyl halides is 3. The van der Waals surface area contributed by atoms with Crippen molar-refractivity contribution in [3.63, 3.8) is 0 Å². The SMILES string of the molecule is NC(=NO)c1ccccc1N1CCN(CC(F)(F)F)CC1. The minimum atomic E-state index is -4.17. The Morgan fingerprint density at radius 3 is 2.38 bits per heavy atom. The summed E-state index contributed by atoms with van der Waals surface area (Å²) in [5.74, 6) is -0.0108. The molecule has 1 aliphatic rings. The Hall–Kier alpha value is -1.96. The third kappa shape index (κ3) is 4.01. The van der Waals surface area contributed by atoms with Crippen molar-refractivity contribution in [1.82, 2.24) is 4.90 Å². The Kier molecular flexibility index (Phi) is 4.56. The molecule has 1 fully saturated rings. The number of rotatable bonds is 3. The number of amidine groups is 1. The maximum atomic E-state index is 12.4. The normalized spacial score (nSPS) is 18.0. The van der Waals surface area contributed by atoms with E-state index in [0.29, 0.717) is 31.7 Å². The first-order chi connectivity index (χ1) is 9.90. The maximum absolute atomic E-state index is 12.4. The van der Waals surface area contributed by atoms with Crippen molar-refractivity contribution in [1.29, 1.82) is 0 Å². The topological polar surface area (TPSA) is 65.1 Å². The maximum Gasteiger partial charge on any atom is 0.401 e. The van der Waals surface area contributed by atoms with E-state index in [4.69, 9.17) is 10.9 Å². The molecule has 3 N–H and O–H groups in total. The van der Waals surface area contributed by atoms with Gasteiger partial charge in [-0.3, -0.25) is 4.90 Å². The Labute approximate surface area is 120 Å². The van der Waals surface area contributed by atoms with Gasteiger partial charge in [0.2, 0.25) is 0 Å². The molecule has 0 radical (unpaired) electrons. The molecule has 1 aliphatic heterocycles. The zero-order chi connectivity index (χ0) is 15.5. The number of anilines is 1. The summed E-state index contributed by atoms with van der Waals surface area (Å²) in [5.41, 5.74) is 6.96. The molecule has 0 unspecified atom stereocenters. The van der Waals surface area contributed by atoms with E-state index >= 15 is 0 Å². The molecule has 1 heterocycles. The summed E-state index contributed by atoms with van der Waals surface area (Å²) in [6, 6.07) is 7.10. The van der Waals surface area contributed by atoms with Gasteiger partial charge in [0.15, 0.2) is 5.84 Å². The van der Waals surface area contributed by atoms with Crippen LogP contribution >= 0.6 is 0 Å². The largest absolute Gasteiger partial charge is 0.409 e. The number of piperazine rings is 1. The standard InChI is InChI=1S/C13H17F3N4O/c14-13(15,16)9-19-5-7-20(8-6-19)11-4-2-1-3-10(11)12(17)18-21/h1-4,21H,5-9H2,(H2,17,18).